The Bertz CT molecular complexity index is 1130. The molecule has 168 valence electrons. The SMILES string of the molecule is O=C(CC1CCCCC1)N1CCN(Cc2nc3sc(-c4ccccc4)cc3c(=O)[nH]2)CC1. The molecular weight excluding hydrogens is 420 g/mol. The zero-order valence-electron chi connectivity index (χ0n) is 18.4. The average molecular weight is 451 g/mol. The molecule has 1 aliphatic heterocycles. The minimum absolute atomic E-state index is 0.0790. The summed E-state index contributed by atoms with van der Waals surface area (Å²) in [6.07, 6.45) is 7.01. The monoisotopic (exact) mass is 450 g/mol. The first kappa shape index (κ1) is 21.3. The topological polar surface area (TPSA) is 69.3 Å². The predicted molar refractivity (Wildman–Crippen MR) is 129 cm³/mol. The molecule has 3 aromatic rings. The smallest absolute Gasteiger partial charge is 0.259 e. The number of fused-ring (bicyclic) bond motifs is 1. The van der Waals surface area contributed by atoms with Gasteiger partial charge in [0, 0.05) is 37.5 Å². The normalized spacial score (nSPS) is 18.3. The van der Waals surface area contributed by atoms with Gasteiger partial charge in [0.25, 0.3) is 5.56 Å². The molecule has 1 aliphatic carbocycles. The minimum atomic E-state index is -0.0790. The number of aromatic amines is 1. The maximum absolute atomic E-state index is 12.7. The van der Waals surface area contributed by atoms with Crippen LogP contribution in [0.2, 0.25) is 0 Å². The molecule has 1 aromatic carbocycles. The van der Waals surface area contributed by atoms with Crippen LogP contribution in [0, 0.1) is 5.92 Å². The van der Waals surface area contributed by atoms with E-state index >= 15 is 0 Å². The predicted octanol–water partition coefficient (Wildman–Crippen LogP) is 4.27. The van der Waals surface area contributed by atoms with Gasteiger partial charge in [-0.1, -0.05) is 49.6 Å². The molecule has 2 aliphatic rings. The summed E-state index contributed by atoms with van der Waals surface area (Å²) in [6, 6.07) is 12.0. The van der Waals surface area contributed by atoms with Gasteiger partial charge >= 0.3 is 0 Å². The van der Waals surface area contributed by atoms with Crippen LogP contribution in [0.3, 0.4) is 0 Å². The lowest BCUT2D eigenvalue weighted by Gasteiger charge is -2.35. The number of H-pyrrole nitrogens is 1. The van der Waals surface area contributed by atoms with Gasteiger partial charge in [-0.3, -0.25) is 14.5 Å². The molecule has 1 N–H and O–H groups in total. The van der Waals surface area contributed by atoms with Gasteiger partial charge in [0.2, 0.25) is 5.91 Å². The highest BCUT2D eigenvalue weighted by molar-refractivity contribution is 7.21. The van der Waals surface area contributed by atoms with Crippen molar-refractivity contribution < 1.29 is 4.79 Å². The Balaban J connectivity index is 1.21. The van der Waals surface area contributed by atoms with Crippen LogP contribution < -0.4 is 5.56 Å². The van der Waals surface area contributed by atoms with Crippen molar-refractivity contribution >= 4 is 27.5 Å². The van der Waals surface area contributed by atoms with E-state index in [-0.39, 0.29) is 5.56 Å². The number of nitrogens with one attached hydrogen (secondary N) is 1. The summed E-state index contributed by atoms with van der Waals surface area (Å²) in [6.45, 7) is 3.76. The summed E-state index contributed by atoms with van der Waals surface area (Å²) in [5.74, 6) is 1.60. The van der Waals surface area contributed by atoms with Crippen molar-refractivity contribution in [2.75, 3.05) is 26.2 Å². The molecule has 1 saturated heterocycles. The van der Waals surface area contributed by atoms with Gasteiger partial charge < -0.3 is 9.88 Å². The molecule has 32 heavy (non-hydrogen) atoms. The first-order valence-corrected chi connectivity index (χ1v) is 12.6. The summed E-state index contributed by atoms with van der Waals surface area (Å²) >= 11 is 1.56. The van der Waals surface area contributed by atoms with Crippen molar-refractivity contribution in [3.63, 3.8) is 0 Å². The van der Waals surface area contributed by atoms with Gasteiger partial charge in [-0.15, -0.1) is 11.3 Å². The number of amides is 1. The van der Waals surface area contributed by atoms with Crippen molar-refractivity contribution in [2.24, 2.45) is 5.92 Å². The molecule has 3 heterocycles. The Morgan fingerprint density at radius 1 is 1.06 bits per heavy atom. The van der Waals surface area contributed by atoms with Crippen LogP contribution in [0.4, 0.5) is 0 Å². The van der Waals surface area contributed by atoms with Gasteiger partial charge in [-0.2, -0.15) is 0 Å². The Hall–Kier alpha value is -2.51. The molecule has 6 nitrogen and oxygen atoms in total. The van der Waals surface area contributed by atoms with Gasteiger partial charge in [0.1, 0.15) is 10.7 Å². The van der Waals surface area contributed by atoms with Crippen molar-refractivity contribution in [3.8, 4) is 10.4 Å². The van der Waals surface area contributed by atoms with E-state index in [1.54, 1.807) is 11.3 Å². The third-order valence-electron chi connectivity index (χ3n) is 6.80. The van der Waals surface area contributed by atoms with Crippen LogP contribution in [0.15, 0.2) is 41.2 Å². The summed E-state index contributed by atoms with van der Waals surface area (Å²) < 4.78 is 0. The van der Waals surface area contributed by atoms with E-state index in [9.17, 15) is 9.59 Å². The third-order valence-corrected chi connectivity index (χ3v) is 7.87. The number of carbonyl (C=O) groups excluding carboxylic acids is 1. The van der Waals surface area contributed by atoms with Gasteiger partial charge in [-0.05, 0) is 30.4 Å². The van der Waals surface area contributed by atoms with Crippen LogP contribution in [-0.2, 0) is 11.3 Å². The molecule has 2 fully saturated rings. The summed E-state index contributed by atoms with van der Waals surface area (Å²) in [5, 5.41) is 0.649. The number of hydrogen-bond acceptors (Lipinski definition) is 5. The van der Waals surface area contributed by atoms with Gasteiger partial charge in [0.15, 0.2) is 0 Å². The number of thiophene rings is 1. The molecule has 5 rings (SSSR count). The van der Waals surface area contributed by atoms with E-state index in [1.165, 1.54) is 32.1 Å². The highest BCUT2D eigenvalue weighted by Gasteiger charge is 2.25. The first-order chi connectivity index (χ1) is 15.7. The zero-order valence-corrected chi connectivity index (χ0v) is 19.2. The van der Waals surface area contributed by atoms with E-state index < -0.39 is 0 Å². The molecule has 0 bridgehead atoms. The zero-order chi connectivity index (χ0) is 21.9. The molecule has 1 saturated carbocycles. The molecular formula is C25H30N4O2S. The minimum Gasteiger partial charge on any atom is -0.340 e. The summed E-state index contributed by atoms with van der Waals surface area (Å²) in [4.78, 5) is 39.2. The van der Waals surface area contributed by atoms with E-state index in [2.05, 4.69) is 22.0 Å². The standard InChI is InChI=1S/C25H30N4O2S/c30-23(15-18-7-3-1-4-8-18)29-13-11-28(12-14-29)17-22-26-24(31)20-16-21(32-25(20)27-22)19-9-5-2-6-10-19/h2,5-6,9-10,16,18H,1,3-4,7-8,11-15,17H2,(H,26,27,31). The van der Waals surface area contributed by atoms with Gasteiger partial charge in [-0.25, -0.2) is 4.98 Å². The lowest BCUT2D eigenvalue weighted by Crippen LogP contribution is -2.48. The van der Waals surface area contributed by atoms with Crippen molar-refractivity contribution in [2.45, 2.75) is 45.1 Å². The highest BCUT2D eigenvalue weighted by atomic mass is 32.1. The number of hydrogen-bond donors (Lipinski definition) is 1. The van der Waals surface area contributed by atoms with Crippen LogP contribution >= 0.6 is 11.3 Å². The molecule has 0 atom stereocenters. The Labute approximate surface area is 192 Å². The second kappa shape index (κ2) is 9.55. The first-order valence-electron chi connectivity index (χ1n) is 11.7. The quantitative estimate of drug-likeness (QED) is 0.630. The Morgan fingerprint density at radius 2 is 1.81 bits per heavy atom. The number of nitrogens with zero attached hydrogens (tertiary/aromatic N) is 3. The molecule has 0 radical (unpaired) electrons. The number of rotatable bonds is 5. The van der Waals surface area contributed by atoms with E-state index in [4.69, 9.17) is 4.98 Å². The van der Waals surface area contributed by atoms with Crippen molar-refractivity contribution in [3.05, 3.63) is 52.6 Å². The fraction of sp³-hybridized carbons (Fsp3) is 0.480. The lowest BCUT2D eigenvalue weighted by atomic mass is 9.86. The average Bonchev–Trinajstić information content (AvgIpc) is 3.26. The van der Waals surface area contributed by atoms with Crippen LogP contribution in [0.5, 0.6) is 0 Å². The number of aromatic nitrogens is 2. The van der Waals surface area contributed by atoms with Crippen LogP contribution in [-0.4, -0.2) is 51.9 Å². The fourth-order valence-electron chi connectivity index (χ4n) is 4.93. The Kier molecular flexibility index (Phi) is 6.37. The molecule has 7 heteroatoms. The number of benzene rings is 1. The summed E-state index contributed by atoms with van der Waals surface area (Å²) in [7, 11) is 0. The summed E-state index contributed by atoms with van der Waals surface area (Å²) in [5.41, 5.74) is 1.02. The maximum Gasteiger partial charge on any atom is 0.259 e. The number of piperazine rings is 1. The molecule has 2 aromatic heterocycles. The van der Waals surface area contributed by atoms with Crippen molar-refractivity contribution in [1.82, 2.24) is 19.8 Å². The van der Waals surface area contributed by atoms with Crippen molar-refractivity contribution in [1.29, 1.82) is 0 Å². The molecule has 1 amide bonds. The number of carbonyl (C=O) groups is 1. The van der Waals surface area contributed by atoms with E-state index in [0.29, 0.717) is 36.0 Å². The highest BCUT2D eigenvalue weighted by Crippen LogP contribution is 2.31. The van der Waals surface area contributed by atoms with E-state index in [0.717, 1.165) is 41.5 Å². The lowest BCUT2D eigenvalue weighted by molar-refractivity contribution is -0.134. The maximum atomic E-state index is 12.7. The van der Waals surface area contributed by atoms with E-state index in [1.807, 2.05) is 29.2 Å². The van der Waals surface area contributed by atoms with Crippen LogP contribution in [0.25, 0.3) is 20.7 Å². The molecule has 0 unspecified atom stereocenters. The molecule has 0 spiro atoms. The van der Waals surface area contributed by atoms with Gasteiger partial charge in [0.05, 0.1) is 11.9 Å². The fourth-order valence-corrected chi connectivity index (χ4v) is 5.99. The van der Waals surface area contributed by atoms with Crippen LogP contribution in [0.1, 0.15) is 44.3 Å². The second-order valence-electron chi connectivity index (χ2n) is 9.07. The third kappa shape index (κ3) is 4.79. The Morgan fingerprint density at radius 3 is 2.56 bits per heavy atom. The largest absolute Gasteiger partial charge is 0.340 e. The second-order valence-corrected chi connectivity index (χ2v) is 10.1.